The van der Waals surface area contributed by atoms with E-state index in [0.717, 1.165) is 12.0 Å². The number of nitrogens with zero attached hydrogens (tertiary/aromatic N) is 2. The molecule has 2 heterocycles. The lowest BCUT2D eigenvalue weighted by Crippen LogP contribution is -2.18. The van der Waals surface area contributed by atoms with Crippen LogP contribution in [0.2, 0.25) is 0 Å². The monoisotopic (exact) mass is 402 g/mol. The first-order valence-electron chi connectivity index (χ1n) is 9.60. The van der Waals surface area contributed by atoms with E-state index in [1.807, 2.05) is 12.1 Å². The van der Waals surface area contributed by atoms with Crippen LogP contribution in [0.3, 0.4) is 0 Å². The van der Waals surface area contributed by atoms with E-state index < -0.39 is 18.0 Å². The van der Waals surface area contributed by atoms with Gasteiger partial charge in [-0.05, 0) is 41.0 Å². The van der Waals surface area contributed by atoms with E-state index in [4.69, 9.17) is 4.84 Å². The van der Waals surface area contributed by atoms with Crippen LogP contribution in [0, 0.1) is 0 Å². The lowest BCUT2D eigenvalue weighted by Gasteiger charge is -2.19. The van der Waals surface area contributed by atoms with E-state index in [-0.39, 0.29) is 22.6 Å². The second kappa shape index (κ2) is 6.95. The Morgan fingerprint density at radius 1 is 1.41 bits per heavy atom. The number of fused-ring (bicyclic) bond motifs is 1. The number of nitrogens with one attached hydrogen (secondary N) is 2. The number of aryl methyl sites for hydroxylation is 1. The Balaban J connectivity index is 1.77. The molecule has 0 saturated carbocycles. The number of carbonyl (C=O) groups excluding carboxylic acids is 1. The molecule has 4 rings (SSSR count). The molecule has 8 heteroatoms. The highest BCUT2D eigenvalue weighted by atomic mass is 19.3. The van der Waals surface area contributed by atoms with Crippen LogP contribution in [0.1, 0.15) is 72.4 Å². The third kappa shape index (κ3) is 3.21. The van der Waals surface area contributed by atoms with E-state index in [1.54, 1.807) is 6.08 Å². The molecule has 0 spiro atoms. The highest BCUT2D eigenvalue weighted by molar-refractivity contribution is 6.08. The minimum atomic E-state index is -2.88. The predicted molar refractivity (Wildman–Crippen MR) is 106 cm³/mol. The minimum absolute atomic E-state index is 0.00273. The average molecular weight is 402 g/mol. The van der Waals surface area contributed by atoms with Crippen molar-refractivity contribution >= 4 is 17.4 Å². The third-order valence-electron chi connectivity index (χ3n) is 5.69. The molecular weight excluding hydrogens is 378 g/mol. The molecule has 0 saturated heterocycles. The Hall–Kier alpha value is -2.74. The minimum Gasteiger partial charge on any atom is -0.406 e. The zero-order valence-corrected chi connectivity index (χ0v) is 16.8. The summed E-state index contributed by atoms with van der Waals surface area (Å²) >= 11 is 0. The number of halogens is 2. The molecule has 1 aliphatic carbocycles. The van der Waals surface area contributed by atoms with Gasteiger partial charge < -0.3 is 10.2 Å². The summed E-state index contributed by atoms with van der Waals surface area (Å²) in [4.78, 5) is 18.5. The first kappa shape index (κ1) is 19.6. The topological polar surface area (TPSA) is 68.2 Å². The molecule has 1 aliphatic heterocycles. The van der Waals surface area contributed by atoms with Crippen molar-refractivity contribution in [2.75, 3.05) is 11.9 Å². The van der Waals surface area contributed by atoms with Gasteiger partial charge in [0, 0.05) is 12.7 Å². The summed E-state index contributed by atoms with van der Waals surface area (Å²) in [5, 5.41) is 6.76. The van der Waals surface area contributed by atoms with Gasteiger partial charge >= 0.3 is 0 Å². The molecule has 2 N–H and O–H groups in total. The Kier molecular flexibility index (Phi) is 4.69. The fourth-order valence-corrected chi connectivity index (χ4v) is 4.60. The number of benzene rings is 1. The van der Waals surface area contributed by atoms with E-state index >= 15 is 0 Å². The molecule has 0 bridgehead atoms. The molecule has 154 valence electrons. The summed E-state index contributed by atoms with van der Waals surface area (Å²) < 4.78 is 28.6. The van der Waals surface area contributed by atoms with Crippen LogP contribution in [0.25, 0.3) is 5.76 Å². The Morgan fingerprint density at radius 3 is 2.83 bits per heavy atom. The van der Waals surface area contributed by atoms with Crippen LogP contribution in [0.5, 0.6) is 0 Å². The number of hydrogen-bond acceptors (Lipinski definition) is 4. The van der Waals surface area contributed by atoms with Crippen molar-refractivity contribution in [3.05, 3.63) is 52.4 Å². The second-order valence-electron chi connectivity index (χ2n) is 8.26. The van der Waals surface area contributed by atoms with E-state index in [0.29, 0.717) is 18.0 Å². The Labute approximate surface area is 167 Å². The summed E-state index contributed by atoms with van der Waals surface area (Å²) in [6.45, 7) is 6.88. The highest BCUT2D eigenvalue weighted by Gasteiger charge is 2.37. The molecule has 1 unspecified atom stereocenters. The number of anilines is 1. The molecule has 1 atom stereocenters. The Bertz CT molecular complexity index is 1010. The highest BCUT2D eigenvalue weighted by Crippen LogP contribution is 2.48. The average Bonchev–Trinajstić information content (AvgIpc) is 3.32. The predicted octanol–water partition coefficient (Wildman–Crippen LogP) is 4.27. The first-order valence-corrected chi connectivity index (χ1v) is 9.60. The van der Waals surface area contributed by atoms with Gasteiger partial charge in [0.2, 0.25) is 0 Å². The van der Waals surface area contributed by atoms with Crippen molar-refractivity contribution in [1.82, 2.24) is 15.3 Å². The molecular formula is C21H24F2N4O2. The number of hydrogen-bond donors (Lipinski definition) is 2. The van der Waals surface area contributed by atoms with Gasteiger partial charge in [-0.2, -0.15) is 10.6 Å². The number of hydroxylamine groups is 1. The summed E-state index contributed by atoms with van der Waals surface area (Å²) in [5.41, 5.74) is 5.04. The summed E-state index contributed by atoms with van der Waals surface area (Å²) in [6, 6.07) is 5.77. The van der Waals surface area contributed by atoms with Crippen LogP contribution >= 0.6 is 0 Å². The van der Waals surface area contributed by atoms with Gasteiger partial charge in [0.1, 0.15) is 11.4 Å². The molecule has 2 aliphatic rings. The smallest absolute Gasteiger partial charge is 0.282 e. The number of carbonyl (C=O) groups is 1. The molecule has 6 nitrogen and oxygen atoms in total. The molecule has 1 aromatic heterocycles. The zero-order valence-electron chi connectivity index (χ0n) is 16.8. The van der Waals surface area contributed by atoms with E-state index in [9.17, 15) is 13.6 Å². The van der Waals surface area contributed by atoms with Crippen molar-refractivity contribution in [2.24, 2.45) is 7.05 Å². The van der Waals surface area contributed by atoms with Gasteiger partial charge in [-0.25, -0.2) is 8.78 Å². The molecule has 1 aromatic carbocycles. The molecule has 29 heavy (non-hydrogen) atoms. The van der Waals surface area contributed by atoms with Crippen LogP contribution in [-0.2, 0) is 17.3 Å². The fraction of sp³-hybridized carbons (Fsp3) is 0.429. The summed E-state index contributed by atoms with van der Waals surface area (Å²) in [6.07, 6.45) is -0.236. The van der Waals surface area contributed by atoms with Gasteiger partial charge in [0.25, 0.3) is 12.3 Å². The molecule has 0 fully saturated rings. The molecule has 1 amide bonds. The number of aromatic nitrogens is 2. The fourth-order valence-electron chi connectivity index (χ4n) is 4.60. The molecule has 2 aromatic rings. The zero-order chi connectivity index (χ0) is 20.9. The van der Waals surface area contributed by atoms with Gasteiger partial charge in [0.05, 0.1) is 12.1 Å². The van der Waals surface area contributed by atoms with E-state index in [1.165, 1.54) is 17.3 Å². The maximum atomic E-state index is 13.7. The lowest BCUT2D eigenvalue weighted by molar-refractivity contribution is 0.100. The number of alkyl halides is 2. The van der Waals surface area contributed by atoms with Crippen molar-refractivity contribution in [2.45, 2.75) is 45.0 Å². The first-order chi connectivity index (χ1) is 13.7. The maximum absolute atomic E-state index is 13.7. The number of rotatable bonds is 4. The SMILES string of the molecule is CC1CC(C)(C)c2cccc(NC(=O)c3c(C(F)F)nn(C)c3C3=CCNO3)c21. The normalized spacial score (nSPS) is 19.8. The quantitative estimate of drug-likeness (QED) is 0.801. The van der Waals surface area contributed by atoms with Crippen LogP contribution in [0.15, 0.2) is 24.3 Å². The van der Waals surface area contributed by atoms with Gasteiger partial charge in [-0.1, -0.05) is 32.9 Å². The second-order valence-corrected chi connectivity index (χ2v) is 8.26. The standard InChI is InChI=1S/C21H24F2N4O2/c1-11-10-21(2,3)12-6-5-7-13(15(11)12)25-20(28)16-17(19(22)23)26-27(4)18(16)14-8-9-24-29-14/h5-8,11,19,24H,9-10H2,1-4H3,(H,25,28). The van der Waals surface area contributed by atoms with E-state index in [2.05, 4.69) is 42.7 Å². The molecule has 0 radical (unpaired) electrons. The van der Waals surface area contributed by atoms with Crippen molar-refractivity contribution < 1.29 is 18.4 Å². The largest absolute Gasteiger partial charge is 0.406 e. The maximum Gasteiger partial charge on any atom is 0.282 e. The Morgan fingerprint density at radius 2 is 2.17 bits per heavy atom. The van der Waals surface area contributed by atoms with Crippen LogP contribution < -0.4 is 10.8 Å². The van der Waals surface area contributed by atoms with Crippen LogP contribution in [0.4, 0.5) is 14.5 Å². The van der Waals surface area contributed by atoms with Gasteiger partial charge in [-0.15, -0.1) is 0 Å². The van der Waals surface area contributed by atoms with Crippen LogP contribution in [-0.4, -0.2) is 22.2 Å². The van der Waals surface area contributed by atoms with Crippen molar-refractivity contribution in [3.63, 3.8) is 0 Å². The number of amides is 1. The third-order valence-corrected chi connectivity index (χ3v) is 5.69. The lowest BCUT2D eigenvalue weighted by atomic mass is 9.86. The van der Waals surface area contributed by atoms with Crippen molar-refractivity contribution in [1.29, 1.82) is 0 Å². The van der Waals surface area contributed by atoms with Gasteiger partial charge in [0.15, 0.2) is 5.76 Å². The van der Waals surface area contributed by atoms with Gasteiger partial charge in [-0.3, -0.25) is 9.48 Å². The summed E-state index contributed by atoms with van der Waals surface area (Å²) in [7, 11) is 1.52. The summed E-state index contributed by atoms with van der Waals surface area (Å²) in [5.74, 6) is -0.0561. The van der Waals surface area contributed by atoms with Crippen molar-refractivity contribution in [3.8, 4) is 0 Å².